The molecule has 0 amide bonds. The largest absolute Gasteiger partial charge is 0.444 e. The standard InChI is InChI=1S/C13H22N2O2/c1-10-11(2)17-12(15-10)8-14-13(9-16)6-4-3-5-7-13/h14,16H,3-9H2,1-2H3. The average Bonchev–Trinajstić information content (AvgIpc) is 2.68. The van der Waals surface area contributed by atoms with Crippen LogP contribution in [0.15, 0.2) is 4.42 Å². The Kier molecular flexibility index (Phi) is 3.84. The summed E-state index contributed by atoms with van der Waals surface area (Å²) in [5, 5.41) is 13.0. The second kappa shape index (κ2) is 5.19. The number of aliphatic hydroxyl groups excluding tert-OH is 1. The maximum Gasteiger partial charge on any atom is 0.208 e. The number of hydrogen-bond donors (Lipinski definition) is 2. The molecule has 0 aromatic carbocycles. The summed E-state index contributed by atoms with van der Waals surface area (Å²) in [4.78, 5) is 4.35. The predicted molar refractivity (Wildman–Crippen MR) is 65.7 cm³/mol. The van der Waals surface area contributed by atoms with Crippen LogP contribution >= 0.6 is 0 Å². The second-order valence-electron chi connectivity index (χ2n) is 5.10. The van der Waals surface area contributed by atoms with E-state index in [1.165, 1.54) is 19.3 Å². The van der Waals surface area contributed by atoms with Gasteiger partial charge in [0.2, 0.25) is 5.89 Å². The number of oxazole rings is 1. The first-order chi connectivity index (χ1) is 8.15. The molecular weight excluding hydrogens is 216 g/mol. The summed E-state index contributed by atoms with van der Waals surface area (Å²) in [5.74, 6) is 1.60. The van der Waals surface area contributed by atoms with Crippen LogP contribution in [0, 0.1) is 13.8 Å². The zero-order valence-corrected chi connectivity index (χ0v) is 10.8. The molecule has 4 heteroatoms. The van der Waals surface area contributed by atoms with E-state index in [0.717, 1.165) is 30.2 Å². The lowest BCUT2D eigenvalue weighted by atomic mass is 9.82. The number of nitrogens with one attached hydrogen (secondary N) is 1. The van der Waals surface area contributed by atoms with Crippen LogP contribution in [0.3, 0.4) is 0 Å². The molecule has 17 heavy (non-hydrogen) atoms. The molecule has 1 heterocycles. The van der Waals surface area contributed by atoms with Crippen molar-refractivity contribution in [1.29, 1.82) is 0 Å². The first kappa shape index (κ1) is 12.6. The number of aliphatic hydroxyl groups is 1. The number of rotatable bonds is 4. The van der Waals surface area contributed by atoms with Gasteiger partial charge in [0.25, 0.3) is 0 Å². The quantitative estimate of drug-likeness (QED) is 0.843. The minimum absolute atomic E-state index is 0.117. The van der Waals surface area contributed by atoms with Gasteiger partial charge in [-0.25, -0.2) is 4.98 Å². The Morgan fingerprint density at radius 1 is 1.29 bits per heavy atom. The SMILES string of the molecule is Cc1nc(CNC2(CO)CCCCC2)oc1C. The lowest BCUT2D eigenvalue weighted by molar-refractivity contribution is 0.116. The van der Waals surface area contributed by atoms with Crippen molar-refractivity contribution in [3.05, 3.63) is 17.3 Å². The summed E-state index contributed by atoms with van der Waals surface area (Å²) in [5.41, 5.74) is 0.831. The highest BCUT2D eigenvalue weighted by molar-refractivity contribution is 5.05. The summed E-state index contributed by atoms with van der Waals surface area (Å²) in [6.45, 7) is 4.68. The highest BCUT2D eigenvalue weighted by Crippen LogP contribution is 2.28. The topological polar surface area (TPSA) is 58.3 Å². The van der Waals surface area contributed by atoms with E-state index in [1.54, 1.807) is 0 Å². The fourth-order valence-electron chi connectivity index (χ4n) is 2.50. The lowest BCUT2D eigenvalue weighted by Gasteiger charge is -2.36. The van der Waals surface area contributed by atoms with Gasteiger partial charge >= 0.3 is 0 Å². The molecule has 0 bridgehead atoms. The molecule has 0 aliphatic heterocycles. The zero-order valence-electron chi connectivity index (χ0n) is 10.8. The van der Waals surface area contributed by atoms with Crippen molar-refractivity contribution in [3.8, 4) is 0 Å². The predicted octanol–water partition coefficient (Wildman–Crippen LogP) is 2.08. The molecule has 0 saturated heterocycles. The van der Waals surface area contributed by atoms with Gasteiger partial charge in [-0.15, -0.1) is 0 Å². The van der Waals surface area contributed by atoms with Crippen LogP contribution in [0.2, 0.25) is 0 Å². The third-order valence-corrected chi connectivity index (χ3v) is 3.80. The normalized spacial score (nSPS) is 19.5. The minimum Gasteiger partial charge on any atom is -0.444 e. The zero-order chi connectivity index (χ0) is 12.3. The van der Waals surface area contributed by atoms with Gasteiger partial charge in [-0.1, -0.05) is 19.3 Å². The van der Waals surface area contributed by atoms with Crippen LogP contribution in [0.25, 0.3) is 0 Å². The molecular formula is C13H22N2O2. The third kappa shape index (κ3) is 2.87. The van der Waals surface area contributed by atoms with Gasteiger partial charge in [0.1, 0.15) is 5.76 Å². The van der Waals surface area contributed by atoms with E-state index in [9.17, 15) is 5.11 Å². The molecule has 4 nitrogen and oxygen atoms in total. The highest BCUT2D eigenvalue weighted by Gasteiger charge is 2.31. The fraction of sp³-hybridized carbons (Fsp3) is 0.769. The summed E-state index contributed by atoms with van der Waals surface area (Å²) in [6, 6.07) is 0. The van der Waals surface area contributed by atoms with Crippen molar-refractivity contribution < 1.29 is 9.52 Å². The van der Waals surface area contributed by atoms with Crippen molar-refractivity contribution in [3.63, 3.8) is 0 Å². The number of aryl methyl sites for hydroxylation is 2. The minimum atomic E-state index is -0.117. The van der Waals surface area contributed by atoms with Crippen molar-refractivity contribution in [2.75, 3.05) is 6.61 Å². The van der Waals surface area contributed by atoms with E-state index < -0.39 is 0 Å². The molecule has 0 radical (unpaired) electrons. The van der Waals surface area contributed by atoms with Gasteiger partial charge in [0.05, 0.1) is 18.8 Å². The molecule has 0 atom stereocenters. The molecule has 0 spiro atoms. The Morgan fingerprint density at radius 2 is 2.00 bits per heavy atom. The van der Waals surface area contributed by atoms with Gasteiger partial charge in [-0.3, -0.25) is 0 Å². The van der Waals surface area contributed by atoms with E-state index in [-0.39, 0.29) is 12.1 Å². The van der Waals surface area contributed by atoms with Crippen LogP contribution in [0.5, 0.6) is 0 Å². The van der Waals surface area contributed by atoms with E-state index in [2.05, 4.69) is 10.3 Å². The number of hydrogen-bond acceptors (Lipinski definition) is 4. The maximum atomic E-state index is 9.57. The van der Waals surface area contributed by atoms with Crippen LogP contribution in [0.4, 0.5) is 0 Å². The monoisotopic (exact) mass is 238 g/mol. The van der Waals surface area contributed by atoms with E-state index in [0.29, 0.717) is 6.54 Å². The van der Waals surface area contributed by atoms with E-state index in [4.69, 9.17) is 4.42 Å². The summed E-state index contributed by atoms with van der Waals surface area (Å²) in [7, 11) is 0. The molecule has 96 valence electrons. The van der Waals surface area contributed by atoms with Crippen LogP contribution in [-0.4, -0.2) is 22.2 Å². The Morgan fingerprint density at radius 3 is 2.53 bits per heavy atom. The van der Waals surface area contributed by atoms with Crippen molar-refractivity contribution in [1.82, 2.24) is 10.3 Å². The average molecular weight is 238 g/mol. The molecule has 1 saturated carbocycles. The van der Waals surface area contributed by atoms with Crippen molar-refractivity contribution >= 4 is 0 Å². The molecule has 1 aromatic rings. The van der Waals surface area contributed by atoms with Crippen LogP contribution < -0.4 is 5.32 Å². The molecule has 2 rings (SSSR count). The summed E-state index contributed by atoms with van der Waals surface area (Å²) in [6.07, 6.45) is 5.75. The van der Waals surface area contributed by atoms with Crippen LogP contribution in [-0.2, 0) is 6.54 Å². The number of nitrogens with zero attached hydrogens (tertiary/aromatic N) is 1. The van der Waals surface area contributed by atoms with Gasteiger partial charge in [-0.2, -0.15) is 0 Å². The van der Waals surface area contributed by atoms with E-state index >= 15 is 0 Å². The Hall–Kier alpha value is -0.870. The van der Waals surface area contributed by atoms with Gasteiger partial charge < -0.3 is 14.8 Å². The molecule has 1 aliphatic carbocycles. The molecule has 0 unspecified atom stereocenters. The summed E-state index contributed by atoms with van der Waals surface area (Å²) < 4.78 is 5.54. The lowest BCUT2D eigenvalue weighted by Crippen LogP contribution is -2.49. The van der Waals surface area contributed by atoms with Gasteiger partial charge in [0.15, 0.2) is 0 Å². The van der Waals surface area contributed by atoms with Crippen molar-refractivity contribution in [2.45, 2.75) is 58.0 Å². The molecule has 1 aromatic heterocycles. The molecule has 2 N–H and O–H groups in total. The van der Waals surface area contributed by atoms with Crippen molar-refractivity contribution in [2.24, 2.45) is 0 Å². The van der Waals surface area contributed by atoms with Crippen LogP contribution in [0.1, 0.15) is 49.4 Å². The van der Waals surface area contributed by atoms with Gasteiger partial charge in [-0.05, 0) is 26.7 Å². The second-order valence-corrected chi connectivity index (χ2v) is 5.10. The highest BCUT2D eigenvalue weighted by atomic mass is 16.4. The third-order valence-electron chi connectivity index (χ3n) is 3.80. The molecule has 1 fully saturated rings. The smallest absolute Gasteiger partial charge is 0.208 e. The maximum absolute atomic E-state index is 9.57. The van der Waals surface area contributed by atoms with E-state index in [1.807, 2.05) is 13.8 Å². The Labute approximate surface area is 102 Å². The number of aromatic nitrogens is 1. The first-order valence-corrected chi connectivity index (χ1v) is 6.44. The fourth-order valence-corrected chi connectivity index (χ4v) is 2.50. The molecule has 1 aliphatic rings. The van der Waals surface area contributed by atoms with Gasteiger partial charge in [0, 0.05) is 5.54 Å². The first-order valence-electron chi connectivity index (χ1n) is 6.44. The summed E-state index contributed by atoms with van der Waals surface area (Å²) >= 11 is 0. The Balaban J connectivity index is 1.95. The Bertz CT molecular complexity index is 348.